The van der Waals surface area contributed by atoms with Gasteiger partial charge in [-0.15, -0.1) is 0 Å². The van der Waals surface area contributed by atoms with Crippen molar-refractivity contribution in [1.29, 1.82) is 0 Å². The molecular formula is C18H17N3O2. The number of para-hydroxylation sites is 1. The minimum atomic E-state index is -0.387. The van der Waals surface area contributed by atoms with Gasteiger partial charge in [-0.2, -0.15) is 0 Å². The number of aromatic nitrogens is 1. The topological polar surface area (TPSA) is 68.1 Å². The predicted octanol–water partition coefficient (Wildman–Crippen LogP) is 4.62. The lowest BCUT2D eigenvalue weighted by Crippen LogP contribution is -2.07. The molecule has 0 saturated heterocycles. The number of pyridine rings is 1. The minimum absolute atomic E-state index is 0.0287. The number of fused-ring (bicyclic) bond motifs is 1. The molecule has 1 N–H and O–H groups in total. The number of nitrogens with one attached hydrogen (secondary N) is 1. The molecule has 1 heterocycles. The summed E-state index contributed by atoms with van der Waals surface area (Å²) in [6, 6.07) is 16.7. The van der Waals surface area contributed by atoms with Gasteiger partial charge >= 0.3 is 0 Å². The van der Waals surface area contributed by atoms with Crippen molar-refractivity contribution in [1.82, 2.24) is 4.98 Å². The van der Waals surface area contributed by atoms with Crippen LogP contribution in [-0.4, -0.2) is 9.91 Å². The fourth-order valence-electron chi connectivity index (χ4n) is 2.63. The van der Waals surface area contributed by atoms with E-state index in [9.17, 15) is 10.1 Å². The van der Waals surface area contributed by atoms with E-state index in [4.69, 9.17) is 0 Å². The molecular weight excluding hydrogens is 290 g/mol. The zero-order valence-corrected chi connectivity index (χ0v) is 13.0. The second-order valence-electron chi connectivity index (χ2n) is 5.54. The van der Waals surface area contributed by atoms with Gasteiger partial charge in [0.2, 0.25) is 0 Å². The Morgan fingerprint density at radius 3 is 2.52 bits per heavy atom. The molecule has 0 radical (unpaired) electrons. The molecule has 0 aliphatic rings. The largest absolute Gasteiger partial charge is 0.378 e. The van der Waals surface area contributed by atoms with Gasteiger partial charge in [0.1, 0.15) is 0 Å². The Bertz CT molecular complexity index is 860. The predicted molar refractivity (Wildman–Crippen MR) is 91.6 cm³/mol. The van der Waals surface area contributed by atoms with E-state index >= 15 is 0 Å². The first-order valence-electron chi connectivity index (χ1n) is 7.42. The van der Waals surface area contributed by atoms with Crippen molar-refractivity contribution in [3.8, 4) is 0 Å². The smallest absolute Gasteiger partial charge is 0.269 e. The molecule has 0 aliphatic heterocycles. The van der Waals surface area contributed by atoms with Crippen LogP contribution in [0.5, 0.6) is 0 Å². The third-order valence-corrected chi connectivity index (χ3v) is 3.82. The van der Waals surface area contributed by atoms with Crippen molar-refractivity contribution < 1.29 is 4.92 Å². The van der Waals surface area contributed by atoms with E-state index in [1.165, 1.54) is 12.1 Å². The number of nitrogens with zero attached hydrogens (tertiary/aromatic N) is 2. The highest BCUT2D eigenvalue weighted by atomic mass is 16.6. The Morgan fingerprint density at radius 2 is 1.83 bits per heavy atom. The van der Waals surface area contributed by atoms with E-state index in [2.05, 4.69) is 10.3 Å². The molecule has 0 bridgehead atoms. The van der Waals surface area contributed by atoms with E-state index in [0.29, 0.717) is 0 Å². The van der Waals surface area contributed by atoms with Crippen LogP contribution in [-0.2, 0) is 0 Å². The number of non-ortho nitro benzene ring substituents is 1. The average Bonchev–Trinajstić information content (AvgIpc) is 2.54. The van der Waals surface area contributed by atoms with Crippen LogP contribution in [0.4, 0.5) is 11.4 Å². The van der Waals surface area contributed by atoms with Crippen LogP contribution in [0.1, 0.15) is 24.2 Å². The van der Waals surface area contributed by atoms with Gasteiger partial charge in [0, 0.05) is 34.9 Å². The van der Waals surface area contributed by atoms with Crippen molar-refractivity contribution in [3.63, 3.8) is 0 Å². The highest BCUT2D eigenvalue weighted by molar-refractivity contribution is 5.91. The molecule has 0 aliphatic carbocycles. The fraction of sp³-hybridized carbons (Fsp3) is 0.167. The first-order chi connectivity index (χ1) is 11.0. The molecule has 0 saturated carbocycles. The van der Waals surface area contributed by atoms with E-state index in [-0.39, 0.29) is 16.7 Å². The normalized spacial score (nSPS) is 12.1. The van der Waals surface area contributed by atoms with E-state index < -0.39 is 0 Å². The van der Waals surface area contributed by atoms with Crippen molar-refractivity contribution >= 4 is 22.3 Å². The van der Waals surface area contributed by atoms with Gasteiger partial charge in [0.25, 0.3) is 5.69 Å². The summed E-state index contributed by atoms with van der Waals surface area (Å²) in [6.45, 7) is 4.00. The molecule has 1 atom stereocenters. The number of aryl methyl sites for hydroxylation is 1. The third-order valence-electron chi connectivity index (χ3n) is 3.82. The standard InChI is InChI=1S/C18H17N3O2/c1-12-11-18(16-5-3-4-6-17(16)19-12)20-13(2)14-7-9-15(10-8-14)21(22)23/h3-11,13H,1-2H3,(H,19,20). The van der Waals surface area contributed by atoms with Gasteiger partial charge < -0.3 is 5.32 Å². The number of nitro benzene ring substituents is 1. The van der Waals surface area contributed by atoms with Crippen LogP contribution < -0.4 is 5.32 Å². The summed E-state index contributed by atoms with van der Waals surface area (Å²) in [5.41, 5.74) is 4.01. The monoisotopic (exact) mass is 307 g/mol. The Morgan fingerprint density at radius 1 is 1.13 bits per heavy atom. The van der Waals surface area contributed by atoms with Crippen LogP contribution in [0.3, 0.4) is 0 Å². The lowest BCUT2D eigenvalue weighted by atomic mass is 10.1. The molecule has 3 rings (SSSR count). The highest BCUT2D eigenvalue weighted by Crippen LogP contribution is 2.27. The van der Waals surface area contributed by atoms with Crippen molar-refractivity contribution in [3.05, 3.63) is 76.0 Å². The minimum Gasteiger partial charge on any atom is -0.378 e. The maximum atomic E-state index is 10.7. The maximum Gasteiger partial charge on any atom is 0.269 e. The number of rotatable bonds is 4. The molecule has 0 amide bonds. The summed E-state index contributed by atoms with van der Waals surface area (Å²) >= 11 is 0. The quantitative estimate of drug-likeness (QED) is 0.564. The van der Waals surface area contributed by atoms with Gasteiger partial charge in [0.15, 0.2) is 0 Å². The summed E-state index contributed by atoms with van der Waals surface area (Å²) in [5.74, 6) is 0. The molecule has 1 aromatic heterocycles. The summed E-state index contributed by atoms with van der Waals surface area (Å²) in [7, 11) is 0. The Hall–Kier alpha value is -2.95. The summed E-state index contributed by atoms with van der Waals surface area (Å²) in [5, 5.41) is 15.3. The molecule has 5 nitrogen and oxygen atoms in total. The van der Waals surface area contributed by atoms with Crippen LogP contribution in [0, 0.1) is 17.0 Å². The second-order valence-corrected chi connectivity index (χ2v) is 5.54. The Kier molecular flexibility index (Phi) is 3.93. The first kappa shape index (κ1) is 15.0. The first-order valence-corrected chi connectivity index (χ1v) is 7.42. The lowest BCUT2D eigenvalue weighted by Gasteiger charge is -2.17. The third kappa shape index (κ3) is 3.13. The lowest BCUT2D eigenvalue weighted by molar-refractivity contribution is -0.384. The Balaban J connectivity index is 1.90. The molecule has 1 unspecified atom stereocenters. The van der Waals surface area contributed by atoms with Gasteiger partial charge in [-0.25, -0.2) is 0 Å². The van der Waals surface area contributed by atoms with Crippen LogP contribution in [0.2, 0.25) is 0 Å². The SMILES string of the molecule is Cc1cc(NC(C)c2ccc([N+](=O)[O-])cc2)c2ccccc2n1. The maximum absolute atomic E-state index is 10.7. The summed E-state index contributed by atoms with van der Waals surface area (Å²) in [4.78, 5) is 14.9. The molecule has 0 spiro atoms. The molecule has 5 heteroatoms. The van der Waals surface area contributed by atoms with E-state index in [0.717, 1.165) is 27.8 Å². The molecule has 3 aromatic rings. The van der Waals surface area contributed by atoms with Gasteiger partial charge in [-0.05, 0) is 31.5 Å². The summed E-state index contributed by atoms with van der Waals surface area (Å²) < 4.78 is 0. The molecule has 0 fully saturated rings. The molecule has 116 valence electrons. The van der Waals surface area contributed by atoms with Crippen LogP contribution in [0.15, 0.2) is 54.6 Å². The zero-order valence-electron chi connectivity index (χ0n) is 13.0. The highest BCUT2D eigenvalue weighted by Gasteiger charge is 2.11. The number of anilines is 1. The number of hydrogen-bond acceptors (Lipinski definition) is 4. The average molecular weight is 307 g/mol. The van der Waals surface area contributed by atoms with Gasteiger partial charge in [-0.3, -0.25) is 15.1 Å². The number of hydrogen-bond donors (Lipinski definition) is 1. The van der Waals surface area contributed by atoms with Crippen molar-refractivity contribution in [2.45, 2.75) is 19.9 Å². The van der Waals surface area contributed by atoms with E-state index in [1.54, 1.807) is 12.1 Å². The summed E-state index contributed by atoms with van der Waals surface area (Å²) in [6.07, 6.45) is 0. The number of nitro groups is 1. The van der Waals surface area contributed by atoms with Crippen LogP contribution in [0.25, 0.3) is 10.9 Å². The second kappa shape index (κ2) is 6.04. The van der Waals surface area contributed by atoms with Gasteiger partial charge in [0.05, 0.1) is 10.4 Å². The molecule has 23 heavy (non-hydrogen) atoms. The van der Waals surface area contributed by atoms with E-state index in [1.807, 2.05) is 44.2 Å². The van der Waals surface area contributed by atoms with Gasteiger partial charge in [-0.1, -0.05) is 30.3 Å². The number of benzene rings is 2. The van der Waals surface area contributed by atoms with Crippen LogP contribution >= 0.6 is 0 Å². The fourth-order valence-corrected chi connectivity index (χ4v) is 2.63. The van der Waals surface area contributed by atoms with Crippen molar-refractivity contribution in [2.24, 2.45) is 0 Å². The Labute approximate surface area is 134 Å². The molecule has 2 aromatic carbocycles. The zero-order chi connectivity index (χ0) is 16.4. The van der Waals surface area contributed by atoms with Crippen molar-refractivity contribution in [2.75, 3.05) is 5.32 Å².